The van der Waals surface area contributed by atoms with Gasteiger partial charge in [-0.15, -0.1) is 12.4 Å². The second-order valence-corrected chi connectivity index (χ2v) is 2.79. The molecule has 0 aromatic heterocycles. The molecule has 15 heavy (non-hydrogen) atoms. The molecule has 5 N–H and O–H groups in total. The summed E-state index contributed by atoms with van der Waals surface area (Å²) in [6, 6.07) is -1.20. The predicted molar refractivity (Wildman–Crippen MR) is 58.7 cm³/mol. The van der Waals surface area contributed by atoms with E-state index in [1.807, 2.05) is 0 Å². The van der Waals surface area contributed by atoms with E-state index in [4.69, 9.17) is 16.2 Å². The molecule has 0 aliphatic rings. The third-order valence-corrected chi connectivity index (χ3v) is 1.58. The first-order chi connectivity index (χ1) is 6.57. The summed E-state index contributed by atoms with van der Waals surface area (Å²) in [6.45, 7) is 2.47. The number of carbonyl (C=O) groups excluding carboxylic acids is 2. The van der Waals surface area contributed by atoms with Crippen molar-refractivity contribution < 1.29 is 14.3 Å². The van der Waals surface area contributed by atoms with Crippen molar-refractivity contribution in [2.75, 3.05) is 13.2 Å². The lowest BCUT2D eigenvalue weighted by Gasteiger charge is -2.09. The van der Waals surface area contributed by atoms with Crippen molar-refractivity contribution in [2.45, 2.75) is 25.8 Å². The summed E-state index contributed by atoms with van der Waals surface area (Å²) in [5, 5.41) is 2.40. The summed E-state index contributed by atoms with van der Waals surface area (Å²) in [6.07, 6.45) is 1.07. The highest BCUT2D eigenvalue weighted by molar-refractivity contribution is 5.85. The lowest BCUT2D eigenvalue weighted by Crippen LogP contribution is -2.34. The number of hydrogen-bond acceptors (Lipinski definition) is 4. The summed E-state index contributed by atoms with van der Waals surface area (Å²) < 4.78 is 4.71. The number of primary amides is 1. The Kier molecular flexibility index (Phi) is 10.4. The van der Waals surface area contributed by atoms with Gasteiger partial charge in [-0.3, -0.25) is 4.79 Å². The van der Waals surface area contributed by atoms with E-state index in [0.29, 0.717) is 26.0 Å². The molecular weight excluding hydrogens is 222 g/mol. The van der Waals surface area contributed by atoms with Gasteiger partial charge in [-0.05, 0) is 19.8 Å². The molecule has 6 nitrogen and oxygen atoms in total. The third kappa shape index (κ3) is 9.30. The summed E-state index contributed by atoms with van der Waals surface area (Å²) in [7, 11) is 0. The van der Waals surface area contributed by atoms with Crippen molar-refractivity contribution in [2.24, 2.45) is 11.5 Å². The Morgan fingerprint density at radius 2 is 2.07 bits per heavy atom. The van der Waals surface area contributed by atoms with E-state index in [1.165, 1.54) is 0 Å². The van der Waals surface area contributed by atoms with Gasteiger partial charge in [0.05, 0.1) is 6.61 Å². The first kappa shape index (κ1) is 16.4. The van der Waals surface area contributed by atoms with Gasteiger partial charge in [0, 0.05) is 6.54 Å². The zero-order valence-corrected chi connectivity index (χ0v) is 9.51. The van der Waals surface area contributed by atoms with Crippen LogP contribution in [0.4, 0.5) is 4.79 Å². The van der Waals surface area contributed by atoms with Gasteiger partial charge in [-0.1, -0.05) is 0 Å². The monoisotopic (exact) mass is 239 g/mol. The number of halogens is 1. The average Bonchev–Trinajstić information content (AvgIpc) is 2.12. The normalized spacial score (nSPS) is 11.1. The SMILES string of the molecule is CCOC(=O)C(N)CCCNC(N)=O.Cl. The van der Waals surface area contributed by atoms with Crippen LogP contribution in [0.1, 0.15) is 19.8 Å². The topological polar surface area (TPSA) is 107 Å². The summed E-state index contributed by atoms with van der Waals surface area (Å²) >= 11 is 0. The van der Waals surface area contributed by atoms with Crippen LogP contribution in [0.2, 0.25) is 0 Å². The van der Waals surface area contributed by atoms with Gasteiger partial charge in [0.25, 0.3) is 0 Å². The van der Waals surface area contributed by atoms with Gasteiger partial charge in [-0.2, -0.15) is 0 Å². The highest BCUT2D eigenvalue weighted by Crippen LogP contribution is 1.95. The number of hydrogen-bond donors (Lipinski definition) is 3. The second-order valence-electron chi connectivity index (χ2n) is 2.79. The van der Waals surface area contributed by atoms with Crippen molar-refractivity contribution in [3.05, 3.63) is 0 Å². The molecule has 0 aromatic rings. The van der Waals surface area contributed by atoms with Gasteiger partial charge in [0.15, 0.2) is 0 Å². The van der Waals surface area contributed by atoms with E-state index < -0.39 is 18.0 Å². The second kappa shape index (κ2) is 9.54. The Bertz CT molecular complexity index is 202. The third-order valence-electron chi connectivity index (χ3n) is 1.58. The van der Waals surface area contributed by atoms with Crippen molar-refractivity contribution in [1.29, 1.82) is 0 Å². The zero-order valence-electron chi connectivity index (χ0n) is 8.69. The molecular formula is C8H18ClN3O3. The van der Waals surface area contributed by atoms with Gasteiger partial charge in [0.2, 0.25) is 0 Å². The maximum Gasteiger partial charge on any atom is 0.322 e. The Morgan fingerprint density at radius 3 is 2.53 bits per heavy atom. The van der Waals surface area contributed by atoms with Crippen LogP contribution < -0.4 is 16.8 Å². The van der Waals surface area contributed by atoms with Gasteiger partial charge >= 0.3 is 12.0 Å². The average molecular weight is 240 g/mol. The number of nitrogens with two attached hydrogens (primary N) is 2. The van der Waals surface area contributed by atoms with Gasteiger partial charge < -0.3 is 21.5 Å². The maximum atomic E-state index is 11.0. The van der Waals surface area contributed by atoms with E-state index in [9.17, 15) is 9.59 Å². The highest BCUT2D eigenvalue weighted by atomic mass is 35.5. The number of ether oxygens (including phenoxy) is 1. The lowest BCUT2D eigenvalue weighted by atomic mass is 10.2. The molecule has 0 bridgehead atoms. The fraction of sp³-hybridized carbons (Fsp3) is 0.750. The number of urea groups is 1. The van der Waals surface area contributed by atoms with Crippen molar-refractivity contribution >= 4 is 24.4 Å². The molecule has 1 atom stereocenters. The summed E-state index contributed by atoms with van der Waals surface area (Å²) in [4.78, 5) is 21.3. The van der Waals surface area contributed by atoms with E-state index in [1.54, 1.807) is 6.92 Å². The number of esters is 1. The van der Waals surface area contributed by atoms with Gasteiger partial charge in [-0.25, -0.2) is 4.79 Å². The molecule has 0 aliphatic carbocycles. The molecule has 2 amide bonds. The standard InChI is InChI=1S/C8H17N3O3.ClH/c1-2-14-7(12)6(9)4-3-5-11-8(10)13;/h6H,2-5,9H2,1H3,(H3,10,11,13);1H. The molecule has 0 heterocycles. The van der Waals surface area contributed by atoms with Crippen molar-refractivity contribution in [3.8, 4) is 0 Å². The van der Waals surface area contributed by atoms with E-state index in [2.05, 4.69) is 5.32 Å². The quantitative estimate of drug-likeness (QED) is 0.439. The van der Waals surface area contributed by atoms with E-state index in [0.717, 1.165) is 0 Å². The molecule has 0 spiro atoms. The minimum absolute atomic E-state index is 0. The largest absolute Gasteiger partial charge is 0.465 e. The molecule has 7 heteroatoms. The fourth-order valence-corrected chi connectivity index (χ4v) is 0.901. The van der Waals surface area contributed by atoms with Crippen LogP contribution in [0.5, 0.6) is 0 Å². The number of carbonyl (C=O) groups is 2. The molecule has 0 radical (unpaired) electrons. The fourth-order valence-electron chi connectivity index (χ4n) is 0.901. The van der Waals surface area contributed by atoms with Crippen LogP contribution in [-0.2, 0) is 9.53 Å². The van der Waals surface area contributed by atoms with Crippen LogP contribution in [0.3, 0.4) is 0 Å². The van der Waals surface area contributed by atoms with E-state index in [-0.39, 0.29) is 12.4 Å². The maximum absolute atomic E-state index is 11.0. The summed E-state index contributed by atoms with van der Waals surface area (Å²) in [5.74, 6) is -0.411. The Morgan fingerprint density at radius 1 is 1.47 bits per heavy atom. The van der Waals surface area contributed by atoms with Crippen LogP contribution in [0.25, 0.3) is 0 Å². The van der Waals surface area contributed by atoms with Crippen molar-refractivity contribution in [3.63, 3.8) is 0 Å². The van der Waals surface area contributed by atoms with E-state index >= 15 is 0 Å². The number of amides is 2. The smallest absolute Gasteiger partial charge is 0.322 e. The van der Waals surface area contributed by atoms with Crippen LogP contribution in [0.15, 0.2) is 0 Å². The molecule has 90 valence electrons. The van der Waals surface area contributed by atoms with Crippen LogP contribution in [-0.4, -0.2) is 31.2 Å². The van der Waals surface area contributed by atoms with Crippen molar-refractivity contribution in [1.82, 2.24) is 5.32 Å². The molecule has 0 saturated carbocycles. The molecule has 0 rings (SSSR count). The first-order valence-corrected chi connectivity index (χ1v) is 4.53. The predicted octanol–water partition coefficient (Wildman–Crippen LogP) is -0.253. The van der Waals surface area contributed by atoms with Crippen LogP contribution >= 0.6 is 12.4 Å². The Hall–Kier alpha value is -1.01. The number of rotatable bonds is 6. The van der Waals surface area contributed by atoms with Gasteiger partial charge in [0.1, 0.15) is 6.04 Å². The molecule has 0 saturated heterocycles. The Balaban J connectivity index is 0. The minimum atomic E-state index is -0.621. The molecule has 0 aliphatic heterocycles. The molecule has 1 unspecified atom stereocenters. The molecule has 0 aromatic carbocycles. The number of nitrogens with one attached hydrogen (secondary N) is 1. The Labute approximate surface area is 95.1 Å². The first-order valence-electron chi connectivity index (χ1n) is 4.53. The zero-order chi connectivity index (χ0) is 11.0. The summed E-state index contributed by atoms with van der Waals surface area (Å²) in [5.41, 5.74) is 10.3. The highest BCUT2D eigenvalue weighted by Gasteiger charge is 2.13. The molecule has 0 fully saturated rings. The lowest BCUT2D eigenvalue weighted by molar-refractivity contribution is -0.144. The minimum Gasteiger partial charge on any atom is -0.465 e. The van der Waals surface area contributed by atoms with Crippen LogP contribution in [0, 0.1) is 0 Å².